The number of likely N-dealkylation sites (N-methyl/N-ethyl adjacent to an activating group) is 1. The Morgan fingerprint density at radius 1 is 1.59 bits per heavy atom. The fourth-order valence-electron chi connectivity index (χ4n) is 1.73. The van der Waals surface area contributed by atoms with Crippen LogP contribution in [0.3, 0.4) is 0 Å². The van der Waals surface area contributed by atoms with Crippen LogP contribution in [0.15, 0.2) is 18.2 Å². The first kappa shape index (κ1) is 7.71. The van der Waals surface area contributed by atoms with Gasteiger partial charge in [-0.25, -0.2) is 0 Å². The first-order valence-electron chi connectivity index (χ1n) is 7.53. The standard InChI is InChI=1S/C13H17NO3/c1-3-10(14-4-2)13(15)9-5-6-11-12(7-9)17-8-16-11/h5-7,10,14H,3-4,8H2,1-2H3/i2D3,4D. The second-order valence-corrected chi connectivity index (χ2v) is 3.70. The molecule has 92 valence electrons. The summed E-state index contributed by atoms with van der Waals surface area (Å²) >= 11 is 0. The van der Waals surface area contributed by atoms with E-state index in [2.05, 4.69) is 5.32 Å². The lowest BCUT2D eigenvalue weighted by Gasteiger charge is -2.14. The summed E-state index contributed by atoms with van der Waals surface area (Å²) in [5.41, 5.74) is 0.399. The van der Waals surface area contributed by atoms with E-state index in [1.54, 1.807) is 25.1 Å². The average molecular weight is 239 g/mol. The third kappa shape index (κ3) is 2.42. The highest BCUT2D eigenvalue weighted by molar-refractivity contribution is 6.00. The van der Waals surface area contributed by atoms with Crippen molar-refractivity contribution in [3.05, 3.63) is 23.8 Å². The number of Topliss-reactive ketones (excluding diaryl/α,β-unsaturated/α-hetero) is 1. The molecule has 1 aromatic rings. The fourth-order valence-corrected chi connectivity index (χ4v) is 1.73. The molecule has 1 aliphatic heterocycles. The van der Waals surface area contributed by atoms with Crippen LogP contribution >= 0.6 is 0 Å². The van der Waals surface area contributed by atoms with Crippen LogP contribution < -0.4 is 14.8 Å². The number of nitrogens with one attached hydrogen (secondary N) is 1. The molecule has 17 heavy (non-hydrogen) atoms. The highest BCUT2D eigenvalue weighted by atomic mass is 16.7. The molecule has 0 saturated carbocycles. The Kier molecular flexibility index (Phi) is 2.35. The molecule has 2 unspecified atom stereocenters. The molecule has 1 aromatic carbocycles. The van der Waals surface area contributed by atoms with Crippen molar-refractivity contribution < 1.29 is 19.8 Å². The summed E-state index contributed by atoms with van der Waals surface area (Å²) in [6.45, 7) is -2.09. The van der Waals surface area contributed by atoms with Crippen molar-refractivity contribution >= 4 is 5.78 Å². The number of ether oxygens (including phenoxy) is 2. The van der Waals surface area contributed by atoms with Gasteiger partial charge in [-0.05, 0) is 31.1 Å². The number of carbonyl (C=O) groups excluding carboxylic acids is 1. The van der Waals surface area contributed by atoms with Crippen molar-refractivity contribution in [1.29, 1.82) is 0 Å². The van der Waals surface area contributed by atoms with Gasteiger partial charge >= 0.3 is 0 Å². The second kappa shape index (κ2) is 5.19. The topological polar surface area (TPSA) is 47.6 Å². The van der Waals surface area contributed by atoms with Crippen LogP contribution in [0, 0.1) is 0 Å². The maximum absolute atomic E-state index is 12.4. The Hall–Kier alpha value is -1.55. The molecular formula is C13H17NO3. The van der Waals surface area contributed by atoms with Crippen LogP contribution in [0.2, 0.25) is 0 Å². The highest BCUT2D eigenvalue weighted by Gasteiger charge is 2.20. The minimum absolute atomic E-state index is 0.121. The summed E-state index contributed by atoms with van der Waals surface area (Å²) in [6.07, 6.45) is 0.388. The molecule has 4 nitrogen and oxygen atoms in total. The van der Waals surface area contributed by atoms with Gasteiger partial charge in [-0.15, -0.1) is 0 Å². The number of hydrogen-bond acceptors (Lipinski definition) is 4. The molecule has 0 aromatic heterocycles. The van der Waals surface area contributed by atoms with E-state index >= 15 is 0 Å². The monoisotopic (exact) mass is 239 g/mol. The Morgan fingerprint density at radius 3 is 3.18 bits per heavy atom. The average Bonchev–Trinajstić information content (AvgIpc) is 2.89. The van der Waals surface area contributed by atoms with Gasteiger partial charge in [-0.3, -0.25) is 4.79 Å². The van der Waals surface area contributed by atoms with E-state index in [9.17, 15) is 4.79 Å². The first-order chi connectivity index (χ1) is 9.82. The first-order valence-corrected chi connectivity index (χ1v) is 5.45. The van der Waals surface area contributed by atoms with Crippen LogP contribution in [-0.2, 0) is 0 Å². The number of benzene rings is 1. The van der Waals surface area contributed by atoms with Crippen molar-refractivity contribution in [3.63, 3.8) is 0 Å². The molecule has 0 saturated heterocycles. The number of hydrogen-bond donors (Lipinski definition) is 1. The third-order valence-electron chi connectivity index (χ3n) is 2.67. The van der Waals surface area contributed by atoms with E-state index in [4.69, 9.17) is 15.0 Å². The smallest absolute Gasteiger partial charge is 0.231 e. The van der Waals surface area contributed by atoms with Crippen molar-refractivity contribution in [2.75, 3.05) is 13.3 Å². The summed E-state index contributed by atoms with van der Waals surface area (Å²) < 4.78 is 39.5. The molecule has 0 bridgehead atoms. The van der Waals surface area contributed by atoms with Gasteiger partial charge in [0.15, 0.2) is 17.3 Å². The molecule has 1 aliphatic rings. The van der Waals surface area contributed by atoms with Crippen molar-refractivity contribution in [2.24, 2.45) is 0 Å². The van der Waals surface area contributed by atoms with Crippen molar-refractivity contribution in [2.45, 2.75) is 26.2 Å². The third-order valence-corrected chi connectivity index (χ3v) is 2.67. The lowest BCUT2D eigenvalue weighted by Crippen LogP contribution is -2.35. The van der Waals surface area contributed by atoms with E-state index in [0.29, 0.717) is 23.5 Å². The molecule has 2 rings (SSSR count). The second-order valence-electron chi connectivity index (χ2n) is 3.70. The zero-order valence-electron chi connectivity index (χ0n) is 13.5. The summed E-state index contributed by atoms with van der Waals surface area (Å²) in [7, 11) is 0. The molecule has 4 heteroatoms. The van der Waals surface area contributed by atoms with E-state index in [0.717, 1.165) is 0 Å². The zero-order chi connectivity index (χ0) is 15.6. The van der Waals surface area contributed by atoms with Crippen LogP contribution in [0.1, 0.15) is 36.0 Å². The van der Waals surface area contributed by atoms with E-state index in [-0.39, 0.29) is 12.6 Å². The molecule has 0 amide bonds. The van der Waals surface area contributed by atoms with Gasteiger partial charge in [0, 0.05) is 11.0 Å². The van der Waals surface area contributed by atoms with Gasteiger partial charge < -0.3 is 14.8 Å². The van der Waals surface area contributed by atoms with Gasteiger partial charge in [0.1, 0.15) is 0 Å². The Balaban J connectivity index is 2.13. The Bertz CT molecular complexity index is 533. The van der Waals surface area contributed by atoms with E-state index < -0.39 is 19.4 Å². The minimum atomic E-state index is -2.47. The largest absolute Gasteiger partial charge is 0.454 e. The predicted octanol–water partition coefficient (Wildman–Crippen LogP) is 1.99. The van der Waals surface area contributed by atoms with Crippen molar-refractivity contribution in [3.8, 4) is 11.5 Å². The SMILES string of the molecule is [2H]C(NC(CC)C(=O)c1ccc2c(c1)OCO2)C([2H])([2H])[2H]. The summed E-state index contributed by atoms with van der Waals surface area (Å²) in [6, 6.07) is 4.09. The van der Waals surface area contributed by atoms with Gasteiger partial charge in [0.2, 0.25) is 6.79 Å². The number of fused-ring (bicyclic) bond motifs is 1. The Labute approximate surface area is 107 Å². The maximum Gasteiger partial charge on any atom is 0.231 e. The van der Waals surface area contributed by atoms with Gasteiger partial charge in [-0.2, -0.15) is 0 Å². The fraction of sp³-hybridized carbons (Fsp3) is 0.462. The summed E-state index contributed by atoms with van der Waals surface area (Å²) in [5.74, 6) is 0.805. The number of carbonyl (C=O) groups is 1. The molecule has 0 aliphatic carbocycles. The Morgan fingerprint density at radius 2 is 2.41 bits per heavy atom. The van der Waals surface area contributed by atoms with E-state index in [1.165, 1.54) is 0 Å². The van der Waals surface area contributed by atoms with Gasteiger partial charge in [0.05, 0.1) is 6.04 Å². The zero-order valence-corrected chi connectivity index (χ0v) is 9.53. The normalized spacial score (nSPS) is 20.8. The van der Waals surface area contributed by atoms with Crippen LogP contribution in [-0.4, -0.2) is 25.1 Å². The summed E-state index contributed by atoms with van der Waals surface area (Å²) in [4.78, 5) is 12.4. The highest BCUT2D eigenvalue weighted by Crippen LogP contribution is 2.32. The van der Waals surface area contributed by atoms with E-state index in [1.807, 2.05) is 0 Å². The minimum Gasteiger partial charge on any atom is -0.454 e. The molecule has 1 N–H and O–H groups in total. The predicted molar refractivity (Wildman–Crippen MR) is 64.7 cm³/mol. The quantitative estimate of drug-likeness (QED) is 0.798. The van der Waals surface area contributed by atoms with Gasteiger partial charge in [-0.1, -0.05) is 13.8 Å². The van der Waals surface area contributed by atoms with Crippen LogP contribution in [0.4, 0.5) is 0 Å². The molecular weight excluding hydrogens is 218 g/mol. The lowest BCUT2D eigenvalue weighted by atomic mass is 10.0. The molecule has 1 heterocycles. The van der Waals surface area contributed by atoms with Gasteiger partial charge in [0.25, 0.3) is 0 Å². The summed E-state index contributed by atoms with van der Waals surface area (Å²) in [5, 5.41) is 2.56. The van der Waals surface area contributed by atoms with Crippen molar-refractivity contribution in [1.82, 2.24) is 5.32 Å². The number of rotatable bonds is 5. The molecule has 2 atom stereocenters. The maximum atomic E-state index is 12.4. The van der Waals surface area contributed by atoms with Crippen LogP contribution in [0.5, 0.6) is 11.5 Å². The number of ketones is 1. The molecule has 0 fully saturated rings. The molecule has 0 spiro atoms. The van der Waals surface area contributed by atoms with Crippen LogP contribution in [0.25, 0.3) is 0 Å². The lowest BCUT2D eigenvalue weighted by molar-refractivity contribution is 0.0941. The molecule has 0 radical (unpaired) electrons.